The number of rotatable bonds is 4. The fourth-order valence-corrected chi connectivity index (χ4v) is 5.26. The van der Waals surface area contributed by atoms with Crippen LogP contribution in [-0.2, 0) is 14.8 Å². The van der Waals surface area contributed by atoms with Gasteiger partial charge in [-0.05, 0) is 25.1 Å². The van der Waals surface area contributed by atoms with Gasteiger partial charge in [0.05, 0.1) is 34.7 Å². The normalized spacial score (nSPS) is 16.2. The van der Waals surface area contributed by atoms with E-state index in [-0.39, 0.29) is 24.7 Å². The van der Waals surface area contributed by atoms with Gasteiger partial charge >= 0.3 is 12.1 Å². The van der Waals surface area contributed by atoms with E-state index < -0.39 is 28.2 Å². The molecule has 1 fully saturated rings. The van der Waals surface area contributed by atoms with Gasteiger partial charge in [-0.1, -0.05) is 11.6 Å². The molecule has 3 N–H and O–H groups in total. The fourth-order valence-electron chi connectivity index (χ4n) is 3.99. The summed E-state index contributed by atoms with van der Waals surface area (Å²) in [5.41, 5.74) is 2.21. The number of carboxylic acid groups (broad SMARTS) is 1. The molecule has 1 atom stereocenters. The number of fused-ring (bicyclic) bond motifs is 2. The zero-order chi connectivity index (χ0) is 29.2. The Labute approximate surface area is 229 Å². The van der Waals surface area contributed by atoms with Crippen molar-refractivity contribution in [3.63, 3.8) is 0 Å². The van der Waals surface area contributed by atoms with E-state index in [1.807, 2.05) is 11.8 Å². The maximum absolute atomic E-state index is 13.1. The van der Waals surface area contributed by atoms with E-state index in [4.69, 9.17) is 21.5 Å². The molecule has 5 heterocycles. The van der Waals surface area contributed by atoms with Crippen LogP contribution in [0.3, 0.4) is 0 Å². The fraction of sp³-hybridized carbons (Fsp3) is 0.318. The molecule has 5 rings (SSSR count). The van der Waals surface area contributed by atoms with Crippen molar-refractivity contribution in [3.05, 3.63) is 59.1 Å². The number of carboxylic acids is 1. The Morgan fingerprint density at radius 1 is 1.23 bits per heavy atom. The summed E-state index contributed by atoms with van der Waals surface area (Å²) in [6.45, 7) is 2.83. The Bertz CT molecular complexity index is 1670. The summed E-state index contributed by atoms with van der Waals surface area (Å²) in [7, 11) is -3.34. The average Bonchev–Trinajstić information content (AvgIpc) is 3.50. The second-order valence-electron chi connectivity index (χ2n) is 8.54. The molecular weight excluding hydrogens is 581 g/mol. The lowest BCUT2D eigenvalue weighted by molar-refractivity contribution is -0.192. The highest BCUT2D eigenvalue weighted by Gasteiger charge is 2.38. The molecule has 0 aromatic carbocycles. The summed E-state index contributed by atoms with van der Waals surface area (Å²) in [5.74, 6) is -2.46. The molecule has 214 valence electrons. The first-order valence-corrected chi connectivity index (χ1v) is 13.6. The number of nitrogens with one attached hydrogen (secondary N) is 2. The van der Waals surface area contributed by atoms with Gasteiger partial charge in [0.1, 0.15) is 11.4 Å². The van der Waals surface area contributed by atoms with E-state index >= 15 is 0 Å². The minimum Gasteiger partial charge on any atom is -0.475 e. The van der Waals surface area contributed by atoms with Crippen molar-refractivity contribution >= 4 is 50.5 Å². The van der Waals surface area contributed by atoms with Gasteiger partial charge < -0.3 is 15.3 Å². The third-order valence-electron chi connectivity index (χ3n) is 5.84. The molecule has 1 unspecified atom stereocenters. The average molecular weight is 603 g/mol. The Morgan fingerprint density at radius 3 is 2.65 bits per heavy atom. The number of aromatic nitrogens is 5. The standard InChI is InChI=1S/C20H21ClN8O3S.C2HF3O2/c1-13(26-19(30)15-12-24-28-7-2-4-22-18(15)28)14-11-16(21)17-3-5-23-29(17)20(14)27-8-6-25-33(31,32)10-9-27;3-2(4,5)1(6)7/h2-5,7,11-13,25H,6,8-10H2,1H3,(H,26,30);(H,6,7). The molecule has 0 spiro atoms. The monoisotopic (exact) mass is 602 g/mol. The first-order valence-electron chi connectivity index (χ1n) is 11.6. The smallest absolute Gasteiger partial charge is 0.475 e. The molecule has 0 saturated carbocycles. The molecule has 4 aromatic rings. The number of hydrogen-bond donors (Lipinski definition) is 3. The van der Waals surface area contributed by atoms with Crippen LogP contribution in [0.2, 0.25) is 5.02 Å². The van der Waals surface area contributed by atoms with Crippen LogP contribution in [0, 0.1) is 0 Å². The number of pyridine rings is 1. The van der Waals surface area contributed by atoms with Crippen LogP contribution in [-0.4, -0.2) is 81.2 Å². The SMILES string of the molecule is CC(NC(=O)c1cnn2cccnc12)c1cc(Cl)c2ccnn2c1N1CCNS(=O)(=O)CC1.O=C(O)C(F)(F)F. The zero-order valence-corrected chi connectivity index (χ0v) is 22.2. The molecule has 1 saturated heterocycles. The summed E-state index contributed by atoms with van der Waals surface area (Å²) in [6, 6.07) is 4.84. The summed E-state index contributed by atoms with van der Waals surface area (Å²) < 4.78 is 61.7. The van der Waals surface area contributed by atoms with Crippen molar-refractivity contribution in [2.75, 3.05) is 30.3 Å². The van der Waals surface area contributed by atoms with E-state index in [9.17, 15) is 26.4 Å². The number of carbonyl (C=O) groups excluding carboxylic acids is 1. The number of alkyl halides is 3. The van der Waals surface area contributed by atoms with Crippen molar-refractivity contribution < 1.29 is 36.3 Å². The van der Waals surface area contributed by atoms with Gasteiger partial charge in [0.25, 0.3) is 5.91 Å². The quantitative estimate of drug-likeness (QED) is 0.316. The van der Waals surface area contributed by atoms with Crippen molar-refractivity contribution in [2.45, 2.75) is 19.1 Å². The van der Waals surface area contributed by atoms with Crippen LogP contribution in [0.15, 0.2) is 43.0 Å². The van der Waals surface area contributed by atoms with Crippen molar-refractivity contribution in [2.24, 2.45) is 0 Å². The number of hydrogen-bond acceptors (Lipinski definition) is 8. The van der Waals surface area contributed by atoms with Gasteiger partial charge in [0, 0.05) is 37.6 Å². The van der Waals surface area contributed by atoms with Crippen LogP contribution in [0.1, 0.15) is 28.9 Å². The van der Waals surface area contributed by atoms with Crippen molar-refractivity contribution in [1.29, 1.82) is 0 Å². The molecule has 0 radical (unpaired) electrons. The minimum atomic E-state index is -5.08. The van der Waals surface area contributed by atoms with E-state index in [0.29, 0.717) is 39.7 Å². The molecule has 13 nitrogen and oxygen atoms in total. The molecule has 0 bridgehead atoms. The lowest BCUT2D eigenvalue weighted by atomic mass is 10.1. The summed E-state index contributed by atoms with van der Waals surface area (Å²) in [4.78, 5) is 28.1. The summed E-state index contributed by atoms with van der Waals surface area (Å²) in [5, 5.41) is 19.2. The predicted octanol–water partition coefficient (Wildman–Crippen LogP) is 1.89. The maximum Gasteiger partial charge on any atom is 0.490 e. The van der Waals surface area contributed by atoms with E-state index in [1.54, 1.807) is 41.3 Å². The molecule has 4 aromatic heterocycles. The highest BCUT2D eigenvalue weighted by molar-refractivity contribution is 7.89. The molecule has 1 aliphatic heterocycles. The largest absolute Gasteiger partial charge is 0.490 e. The maximum atomic E-state index is 13.1. The van der Waals surface area contributed by atoms with Gasteiger partial charge in [0.2, 0.25) is 10.0 Å². The van der Waals surface area contributed by atoms with Gasteiger partial charge in [-0.25, -0.2) is 31.9 Å². The van der Waals surface area contributed by atoms with E-state index in [0.717, 1.165) is 0 Å². The first kappa shape index (κ1) is 29.0. The number of halogens is 4. The number of amides is 1. The molecule has 1 aliphatic rings. The highest BCUT2D eigenvalue weighted by Crippen LogP contribution is 2.33. The van der Waals surface area contributed by atoms with Gasteiger partial charge in [0.15, 0.2) is 5.65 Å². The Morgan fingerprint density at radius 2 is 1.95 bits per heavy atom. The molecule has 18 heteroatoms. The summed E-state index contributed by atoms with van der Waals surface area (Å²) in [6.07, 6.45) is 1.34. The van der Waals surface area contributed by atoms with Crippen molar-refractivity contribution in [1.82, 2.24) is 34.3 Å². The second kappa shape index (κ2) is 11.3. The lowest BCUT2D eigenvalue weighted by Crippen LogP contribution is -2.34. The first-order chi connectivity index (χ1) is 18.8. The van der Waals surface area contributed by atoms with Crippen LogP contribution < -0.4 is 14.9 Å². The van der Waals surface area contributed by atoms with E-state index in [2.05, 4.69) is 25.2 Å². The van der Waals surface area contributed by atoms with Gasteiger partial charge in [-0.2, -0.15) is 23.4 Å². The molecular formula is C22H22ClF3N8O5S. The third kappa shape index (κ3) is 6.26. The second-order valence-corrected chi connectivity index (χ2v) is 10.9. The highest BCUT2D eigenvalue weighted by atomic mass is 35.5. The zero-order valence-electron chi connectivity index (χ0n) is 20.6. The topological polar surface area (TPSA) is 163 Å². The Balaban J connectivity index is 0.000000470. The van der Waals surface area contributed by atoms with Gasteiger partial charge in [-0.3, -0.25) is 4.79 Å². The van der Waals surface area contributed by atoms with E-state index in [1.165, 1.54) is 10.7 Å². The van der Waals surface area contributed by atoms with Crippen LogP contribution in [0.4, 0.5) is 19.0 Å². The minimum absolute atomic E-state index is 0.0490. The number of nitrogens with zero attached hydrogens (tertiary/aromatic N) is 6. The third-order valence-corrected chi connectivity index (χ3v) is 7.51. The Kier molecular flexibility index (Phi) is 8.18. The molecule has 40 heavy (non-hydrogen) atoms. The lowest BCUT2D eigenvalue weighted by Gasteiger charge is -2.28. The van der Waals surface area contributed by atoms with Crippen LogP contribution in [0.25, 0.3) is 11.2 Å². The number of carbonyl (C=O) groups is 2. The summed E-state index contributed by atoms with van der Waals surface area (Å²) >= 11 is 6.53. The van der Waals surface area contributed by atoms with Gasteiger partial charge in [-0.15, -0.1) is 0 Å². The Hall–Kier alpha value is -3.96. The van der Waals surface area contributed by atoms with Crippen LogP contribution >= 0.6 is 11.6 Å². The number of sulfonamides is 1. The molecule has 0 aliphatic carbocycles. The van der Waals surface area contributed by atoms with Crippen molar-refractivity contribution in [3.8, 4) is 0 Å². The number of aliphatic carboxylic acids is 1. The number of anilines is 1. The predicted molar refractivity (Wildman–Crippen MR) is 137 cm³/mol. The molecule has 1 amide bonds. The van der Waals surface area contributed by atoms with Crippen LogP contribution in [0.5, 0.6) is 0 Å².